The summed E-state index contributed by atoms with van der Waals surface area (Å²) in [5.41, 5.74) is 2.05. The van der Waals surface area contributed by atoms with E-state index in [2.05, 4.69) is 0 Å². The first-order chi connectivity index (χ1) is 9.88. The third-order valence-corrected chi connectivity index (χ3v) is 5.68. The molecular weight excluding hydrogens is 304 g/mol. The van der Waals surface area contributed by atoms with Gasteiger partial charge in [0.05, 0.1) is 15.7 Å². The summed E-state index contributed by atoms with van der Waals surface area (Å²) in [7, 11) is -5.04. The Balaban J connectivity index is 2.21. The molecule has 0 amide bonds. The van der Waals surface area contributed by atoms with Gasteiger partial charge in [0.25, 0.3) is 0 Å². The van der Waals surface area contributed by atoms with Crippen molar-refractivity contribution in [2.24, 2.45) is 0 Å². The molecule has 0 aliphatic carbocycles. The Kier molecular flexibility index (Phi) is 4.75. The fourth-order valence-electron chi connectivity index (χ4n) is 1.68. The molecule has 2 rings (SSSR count). The number of aryl methyl sites for hydroxylation is 2. The fourth-order valence-corrected chi connectivity index (χ4v) is 3.90. The molecule has 0 heterocycles. The molecule has 0 saturated carbocycles. The number of benzene rings is 2. The predicted octanol–water partition coefficient (Wildman–Crippen LogP) is 3.36. The first-order valence-electron chi connectivity index (χ1n) is 6.36. The minimum atomic E-state index is -3.56. The van der Waals surface area contributed by atoms with Crippen molar-refractivity contribution in [3.63, 3.8) is 0 Å². The van der Waals surface area contributed by atoms with Crippen molar-refractivity contribution >= 4 is 20.6 Å². The van der Waals surface area contributed by atoms with Crippen molar-refractivity contribution < 1.29 is 12.6 Å². The summed E-state index contributed by atoms with van der Waals surface area (Å²) in [6.45, 7) is 3.82. The molecule has 0 unspecified atom stereocenters. The fraction of sp³-hybridized carbons (Fsp3) is 0.125. The SMILES string of the molecule is Cc1ccc([S@@](=O)/C=C/S(=O)(=O)c2ccc(C)cc2)cc1. The molecule has 0 spiro atoms. The van der Waals surface area contributed by atoms with Gasteiger partial charge >= 0.3 is 0 Å². The van der Waals surface area contributed by atoms with Crippen LogP contribution in [0.2, 0.25) is 0 Å². The molecule has 1 atom stereocenters. The molecule has 5 heteroatoms. The molecule has 110 valence electrons. The van der Waals surface area contributed by atoms with Gasteiger partial charge in [0.2, 0.25) is 0 Å². The predicted molar refractivity (Wildman–Crippen MR) is 85.1 cm³/mol. The lowest BCUT2D eigenvalue weighted by atomic mass is 10.2. The van der Waals surface area contributed by atoms with E-state index in [-0.39, 0.29) is 4.90 Å². The average Bonchev–Trinajstić information content (AvgIpc) is 2.46. The van der Waals surface area contributed by atoms with Crippen molar-refractivity contribution in [1.29, 1.82) is 0 Å². The van der Waals surface area contributed by atoms with Crippen LogP contribution in [0.15, 0.2) is 69.1 Å². The summed E-state index contributed by atoms with van der Waals surface area (Å²) < 4.78 is 36.3. The van der Waals surface area contributed by atoms with Crippen LogP contribution in [0.3, 0.4) is 0 Å². The normalized spacial score (nSPS) is 13.4. The molecule has 0 aliphatic heterocycles. The maximum atomic E-state index is 12.1. The third kappa shape index (κ3) is 4.12. The van der Waals surface area contributed by atoms with Gasteiger partial charge in [-0.3, -0.25) is 0 Å². The molecule has 0 fully saturated rings. The summed E-state index contributed by atoms with van der Waals surface area (Å²) in [6.07, 6.45) is 0. The Morgan fingerprint density at radius 1 is 0.857 bits per heavy atom. The summed E-state index contributed by atoms with van der Waals surface area (Å²) in [5.74, 6) is 0. The monoisotopic (exact) mass is 320 g/mol. The maximum absolute atomic E-state index is 12.1. The van der Waals surface area contributed by atoms with Crippen molar-refractivity contribution in [3.05, 3.63) is 70.5 Å². The van der Waals surface area contributed by atoms with Crippen molar-refractivity contribution in [2.75, 3.05) is 0 Å². The second-order valence-electron chi connectivity index (χ2n) is 4.74. The van der Waals surface area contributed by atoms with Gasteiger partial charge in [-0.1, -0.05) is 35.4 Å². The molecule has 2 aromatic carbocycles. The van der Waals surface area contributed by atoms with Gasteiger partial charge in [-0.2, -0.15) is 0 Å². The van der Waals surface area contributed by atoms with Gasteiger partial charge in [-0.05, 0) is 38.1 Å². The van der Waals surface area contributed by atoms with E-state index < -0.39 is 20.6 Å². The van der Waals surface area contributed by atoms with E-state index in [1.807, 2.05) is 26.0 Å². The first kappa shape index (κ1) is 15.7. The Morgan fingerprint density at radius 2 is 1.33 bits per heavy atom. The van der Waals surface area contributed by atoms with Gasteiger partial charge in [0.1, 0.15) is 0 Å². The quantitative estimate of drug-likeness (QED) is 0.868. The van der Waals surface area contributed by atoms with E-state index in [0.717, 1.165) is 16.5 Å². The van der Waals surface area contributed by atoms with Crippen LogP contribution in [0, 0.1) is 13.8 Å². The topological polar surface area (TPSA) is 51.2 Å². The van der Waals surface area contributed by atoms with Gasteiger partial charge < -0.3 is 0 Å². The summed E-state index contributed by atoms with van der Waals surface area (Å²) in [5, 5.41) is 2.22. The molecule has 21 heavy (non-hydrogen) atoms. The highest BCUT2D eigenvalue weighted by Crippen LogP contribution is 2.15. The van der Waals surface area contributed by atoms with Crippen LogP contribution in [0.25, 0.3) is 0 Å². The highest BCUT2D eigenvalue weighted by molar-refractivity contribution is 7.95. The largest absolute Gasteiger partial charge is 0.250 e. The summed E-state index contributed by atoms with van der Waals surface area (Å²) in [4.78, 5) is 0.779. The van der Waals surface area contributed by atoms with Crippen LogP contribution < -0.4 is 0 Å². The van der Waals surface area contributed by atoms with Gasteiger partial charge in [-0.25, -0.2) is 12.6 Å². The van der Waals surface area contributed by atoms with E-state index in [1.165, 1.54) is 5.41 Å². The lowest BCUT2D eigenvalue weighted by Crippen LogP contribution is -1.97. The molecule has 0 aliphatic rings. The van der Waals surface area contributed by atoms with E-state index in [9.17, 15) is 12.6 Å². The lowest BCUT2D eigenvalue weighted by molar-refractivity contribution is 0.604. The lowest BCUT2D eigenvalue weighted by Gasteiger charge is -2.00. The molecule has 0 saturated heterocycles. The van der Waals surface area contributed by atoms with Crippen molar-refractivity contribution in [1.82, 2.24) is 0 Å². The first-order valence-corrected chi connectivity index (χ1v) is 9.12. The molecule has 0 aromatic heterocycles. The molecular formula is C16H16O3S2. The van der Waals surface area contributed by atoms with Gasteiger partial charge in [0, 0.05) is 15.7 Å². The second-order valence-corrected chi connectivity index (χ2v) is 7.91. The highest BCUT2D eigenvalue weighted by Gasteiger charge is 2.10. The van der Waals surface area contributed by atoms with Gasteiger partial charge in [-0.15, -0.1) is 0 Å². The molecule has 0 bridgehead atoms. The molecule has 0 N–H and O–H groups in total. The van der Waals surface area contributed by atoms with Crippen molar-refractivity contribution in [2.45, 2.75) is 23.6 Å². The Morgan fingerprint density at radius 3 is 1.86 bits per heavy atom. The van der Waals surface area contributed by atoms with E-state index in [0.29, 0.717) is 4.90 Å². The zero-order valence-corrected chi connectivity index (χ0v) is 13.4. The minimum Gasteiger partial charge on any atom is -0.250 e. The van der Waals surface area contributed by atoms with Gasteiger partial charge in [0.15, 0.2) is 9.84 Å². The Hall–Kier alpha value is -1.72. The summed E-state index contributed by atoms with van der Waals surface area (Å²) in [6, 6.07) is 13.7. The molecule has 2 aromatic rings. The molecule has 0 radical (unpaired) electrons. The van der Waals surface area contributed by atoms with Crippen LogP contribution in [-0.4, -0.2) is 12.6 Å². The number of rotatable bonds is 4. The van der Waals surface area contributed by atoms with Crippen LogP contribution in [0.1, 0.15) is 11.1 Å². The Labute approximate surface area is 127 Å². The average molecular weight is 320 g/mol. The van der Waals surface area contributed by atoms with Crippen LogP contribution in [0.5, 0.6) is 0 Å². The van der Waals surface area contributed by atoms with Crippen LogP contribution in [-0.2, 0) is 20.6 Å². The standard InChI is InChI=1S/C16H16O3S2/c1-13-3-7-15(8-4-13)20(17)11-12-21(18,19)16-9-5-14(2)6-10-16/h3-12H,1-2H3/b12-11+/t20-/m0/s1. The van der Waals surface area contributed by atoms with Crippen LogP contribution in [0.4, 0.5) is 0 Å². The number of hydrogen-bond acceptors (Lipinski definition) is 3. The zero-order valence-electron chi connectivity index (χ0n) is 11.8. The Bertz CT molecular complexity index is 771. The number of sulfone groups is 1. The second kappa shape index (κ2) is 6.37. The number of hydrogen-bond donors (Lipinski definition) is 0. The maximum Gasteiger partial charge on any atom is 0.200 e. The van der Waals surface area contributed by atoms with E-state index in [1.54, 1.807) is 36.4 Å². The van der Waals surface area contributed by atoms with Crippen LogP contribution >= 0.6 is 0 Å². The highest BCUT2D eigenvalue weighted by atomic mass is 32.2. The molecule has 3 nitrogen and oxygen atoms in total. The van der Waals surface area contributed by atoms with E-state index >= 15 is 0 Å². The third-order valence-electron chi connectivity index (χ3n) is 2.96. The zero-order chi connectivity index (χ0) is 15.5. The van der Waals surface area contributed by atoms with Crippen molar-refractivity contribution in [3.8, 4) is 0 Å². The van der Waals surface area contributed by atoms with E-state index in [4.69, 9.17) is 0 Å². The smallest absolute Gasteiger partial charge is 0.200 e. The summed E-state index contributed by atoms with van der Waals surface area (Å²) >= 11 is 0. The minimum absolute atomic E-state index is 0.199.